The molecule has 1 aromatic rings. The van der Waals surface area contributed by atoms with Gasteiger partial charge in [0.15, 0.2) is 0 Å². The summed E-state index contributed by atoms with van der Waals surface area (Å²) in [7, 11) is 0. The van der Waals surface area contributed by atoms with Crippen LogP contribution in [-0.4, -0.2) is 51.4 Å². The Hall–Kier alpha value is -1.85. The number of amides is 2. The molecular formula is C17H26N4O2. The molecule has 2 fully saturated rings. The van der Waals surface area contributed by atoms with E-state index in [1.807, 2.05) is 22.9 Å². The monoisotopic (exact) mass is 318 g/mol. The molecule has 0 bridgehead atoms. The lowest BCUT2D eigenvalue weighted by Crippen LogP contribution is -2.39. The first-order valence-electron chi connectivity index (χ1n) is 8.74. The van der Waals surface area contributed by atoms with E-state index in [1.165, 1.54) is 0 Å². The van der Waals surface area contributed by atoms with Crippen molar-refractivity contribution in [3.05, 3.63) is 17.5 Å². The Bertz CT molecular complexity index is 569. The van der Waals surface area contributed by atoms with Gasteiger partial charge in [-0.25, -0.2) is 0 Å². The Labute approximate surface area is 137 Å². The summed E-state index contributed by atoms with van der Waals surface area (Å²) in [5.41, 5.74) is 2.20. The summed E-state index contributed by atoms with van der Waals surface area (Å²) in [6.45, 7) is 4.43. The maximum absolute atomic E-state index is 12.7. The van der Waals surface area contributed by atoms with Crippen molar-refractivity contribution in [1.29, 1.82) is 0 Å². The van der Waals surface area contributed by atoms with Crippen LogP contribution in [0.4, 0.5) is 0 Å². The van der Waals surface area contributed by atoms with Crippen LogP contribution in [0.25, 0.3) is 0 Å². The van der Waals surface area contributed by atoms with Crippen molar-refractivity contribution in [2.75, 3.05) is 19.6 Å². The summed E-state index contributed by atoms with van der Waals surface area (Å²) < 4.78 is 0. The molecule has 1 unspecified atom stereocenters. The molecule has 0 aromatic carbocycles. The lowest BCUT2D eigenvalue weighted by molar-refractivity contribution is -0.136. The topological polar surface area (TPSA) is 69.3 Å². The molecule has 23 heavy (non-hydrogen) atoms. The minimum atomic E-state index is 0.132. The van der Waals surface area contributed by atoms with Gasteiger partial charge in [0, 0.05) is 32.5 Å². The zero-order valence-corrected chi connectivity index (χ0v) is 13.9. The number of carbonyl (C=O) groups excluding carboxylic acids is 2. The third-order valence-corrected chi connectivity index (χ3v) is 5.01. The molecule has 1 atom stereocenters. The minimum absolute atomic E-state index is 0.132. The lowest BCUT2D eigenvalue weighted by atomic mass is 9.97. The molecule has 2 amide bonds. The standard InChI is InChI=1S/C17H26N4O2/c1-13-12-18-19-17(13)14-6-2-3-11-21(14)16(23)8-5-10-20-9-4-7-15(20)22/h12,14H,2-11H2,1H3,(H,18,19). The van der Waals surface area contributed by atoms with Crippen LogP contribution in [0.5, 0.6) is 0 Å². The minimum Gasteiger partial charge on any atom is -0.343 e. The molecule has 0 saturated carbocycles. The number of aromatic amines is 1. The summed E-state index contributed by atoms with van der Waals surface area (Å²) in [5.74, 6) is 0.441. The predicted octanol–water partition coefficient (Wildman–Crippen LogP) is 2.17. The van der Waals surface area contributed by atoms with E-state index in [0.29, 0.717) is 19.4 Å². The fourth-order valence-corrected chi connectivity index (χ4v) is 3.73. The van der Waals surface area contributed by atoms with Crippen molar-refractivity contribution in [3.63, 3.8) is 0 Å². The largest absolute Gasteiger partial charge is 0.343 e. The van der Waals surface area contributed by atoms with Gasteiger partial charge in [-0.2, -0.15) is 5.10 Å². The van der Waals surface area contributed by atoms with Crippen molar-refractivity contribution < 1.29 is 9.59 Å². The Morgan fingerprint density at radius 2 is 2.22 bits per heavy atom. The van der Waals surface area contributed by atoms with E-state index in [2.05, 4.69) is 10.2 Å². The van der Waals surface area contributed by atoms with Crippen LogP contribution in [0.2, 0.25) is 0 Å². The number of carbonyl (C=O) groups is 2. The molecule has 0 spiro atoms. The molecule has 1 N–H and O–H groups in total. The molecule has 0 radical (unpaired) electrons. The normalized spacial score (nSPS) is 22.0. The second-order valence-electron chi connectivity index (χ2n) is 6.65. The molecule has 126 valence electrons. The van der Waals surface area contributed by atoms with Crippen molar-refractivity contribution >= 4 is 11.8 Å². The highest BCUT2D eigenvalue weighted by molar-refractivity contribution is 5.78. The number of rotatable bonds is 5. The molecule has 2 aliphatic heterocycles. The van der Waals surface area contributed by atoms with Crippen LogP contribution in [0, 0.1) is 6.92 Å². The maximum Gasteiger partial charge on any atom is 0.223 e. The zero-order valence-electron chi connectivity index (χ0n) is 13.9. The fourth-order valence-electron chi connectivity index (χ4n) is 3.73. The molecule has 3 rings (SSSR count). The van der Waals surface area contributed by atoms with Gasteiger partial charge in [0.05, 0.1) is 17.9 Å². The van der Waals surface area contributed by atoms with E-state index < -0.39 is 0 Å². The molecule has 2 aliphatic rings. The van der Waals surface area contributed by atoms with Gasteiger partial charge in [0.2, 0.25) is 11.8 Å². The molecule has 2 saturated heterocycles. The first-order chi connectivity index (χ1) is 11.2. The van der Waals surface area contributed by atoms with Crippen molar-refractivity contribution in [2.24, 2.45) is 0 Å². The van der Waals surface area contributed by atoms with Gasteiger partial charge < -0.3 is 9.80 Å². The van der Waals surface area contributed by atoms with Crippen molar-refractivity contribution in [1.82, 2.24) is 20.0 Å². The van der Waals surface area contributed by atoms with Crippen molar-refractivity contribution in [3.8, 4) is 0 Å². The molecular weight excluding hydrogens is 292 g/mol. The van der Waals surface area contributed by atoms with Crippen LogP contribution in [0.15, 0.2) is 6.20 Å². The number of hydrogen-bond acceptors (Lipinski definition) is 3. The number of aryl methyl sites for hydroxylation is 1. The third kappa shape index (κ3) is 3.57. The number of likely N-dealkylation sites (tertiary alicyclic amines) is 2. The zero-order chi connectivity index (χ0) is 16.2. The van der Waals surface area contributed by atoms with E-state index in [0.717, 1.165) is 56.5 Å². The van der Waals surface area contributed by atoms with Crippen LogP contribution in [0.3, 0.4) is 0 Å². The van der Waals surface area contributed by atoms with E-state index in [9.17, 15) is 9.59 Å². The number of nitrogens with zero attached hydrogens (tertiary/aromatic N) is 3. The summed E-state index contributed by atoms with van der Waals surface area (Å²) >= 11 is 0. The molecule has 6 nitrogen and oxygen atoms in total. The quantitative estimate of drug-likeness (QED) is 0.904. The molecule has 6 heteroatoms. The van der Waals surface area contributed by atoms with Gasteiger partial charge in [-0.3, -0.25) is 14.7 Å². The summed E-state index contributed by atoms with van der Waals surface area (Å²) in [4.78, 5) is 28.2. The number of hydrogen-bond donors (Lipinski definition) is 1. The Kier molecular flexibility index (Phi) is 4.98. The summed E-state index contributed by atoms with van der Waals surface area (Å²) in [6.07, 6.45) is 7.95. The predicted molar refractivity (Wildman–Crippen MR) is 86.7 cm³/mol. The van der Waals surface area contributed by atoms with E-state index in [-0.39, 0.29) is 17.9 Å². The number of piperidine rings is 1. The first-order valence-corrected chi connectivity index (χ1v) is 8.74. The van der Waals surface area contributed by atoms with Crippen LogP contribution in [-0.2, 0) is 9.59 Å². The maximum atomic E-state index is 12.7. The lowest BCUT2D eigenvalue weighted by Gasteiger charge is -2.35. The summed E-state index contributed by atoms with van der Waals surface area (Å²) in [6, 6.07) is 0.132. The van der Waals surface area contributed by atoms with Crippen LogP contribution < -0.4 is 0 Å². The second kappa shape index (κ2) is 7.15. The van der Waals surface area contributed by atoms with Gasteiger partial charge in [-0.1, -0.05) is 0 Å². The van der Waals surface area contributed by atoms with Crippen LogP contribution >= 0.6 is 0 Å². The fraction of sp³-hybridized carbons (Fsp3) is 0.706. The third-order valence-electron chi connectivity index (χ3n) is 5.01. The Morgan fingerprint density at radius 3 is 2.91 bits per heavy atom. The van der Waals surface area contributed by atoms with E-state index in [4.69, 9.17) is 0 Å². The first kappa shape index (κ1) is 16.0. The number of aromatic nitrogens is 2. The Balaban J connectivity index is 1.56. The second-order valence-corrected chi connectivity index (χ2v) is 6.65. The average Bonchev–Trinajstić information content (AvgIpc) is 3.16. The molecule has 3 heterocycles. The van der Waals surface area contributed by atoms with Crippen LogP contribution in [0.1, 0.15) is 62.2 Å². The number of nitrogens with one attached hydrogen (secondary N) is 1. The van der Waals surface area contributed by atoms with Crippen molar-refractivity contribution in [2.45, 2.75) is 57.9 Å². The number of H-pyrrole nitrogens is 1. The van der Waals surface area contributed by atoms with E-state index >= 15 is 0 Å². The average molecular weight is 318 g/mol. The SMILES string of the molecule is Cc1cn[nH]c1C1CCCCN1C(=O)CCCN1CCCC1=O. The van der Waals surface area contributed by atoms with Gasteiger partial charge in [-0.05, 0) is 44.6 Å². The summed E-state index contributed by atoms with van der Waals surface area (Å²) in [5, 5.41) is 7.18. The van der Waals surface area contributed by atoms with Gasteiger partial charge in [0.25, 0.3) is 0 Å². The highest BCUT2D eigenvalue weighted by Crippen LogP contribution is 2.31. The van der Waals surface area contributed by atoms with Gasteiger partial charge in [0.1, 0.15) is 0 Å². The smallest absolute Gasteiger partial charge is 0.223 e. The molecule has 0 aliphatic carbocycles. The highest BCUT2D eigenvalue weighted by atomic mass is 16.2. The van der Waals surface area contributed by atoms with Gasteiger partial charge >= 0.3 is 0 Å². The Morgan fingerprint density at radius 1 is 1.35 bits per heavy atom. The van der Waals surface area contributed by atoms with E-state index in [1.54, 1.807) is 0 Å². The van der Waals surface area contributed by atoms with Gasteiger partial charge in [-0.15, -0.1) is 0 Å². The molecule has 1 aromatic heterocycles. The highest BCUT2D eigenvalue weighted by Gasteiger charge is 2.30.